The standard InChI is InChI=1S/C16H20ClN3O3/c1-11(21)18-15-13-10-12(17)2-3-14(13)20(16(15)22)5-4-19-6-8-23-9-7-19/h2-3,10,15H,4-9H2,1H3,(H,18,21)/t15-/m0/s1. The van der Waals surface area contributed by atoms with E-state index in [0.717, 1.165) is 44.1 Å². The quantitative estimate of drug-likeness (QED) is 0.896. The van der Waals surface area contributed by atoms with Crippen LogP contribution in [0.1, 0.15) is 18.5 Å². The fourth-order valence-corrected chi connectivity index (χ4v) is 3.23. The van der Waals surface area contributed by atoms with Gasteiger partial charge in [0.25, 0.3) is 5.91 Å². The molecule has 0 saturated carbocycles. The molecular formula is C16H20ClN3O3. The van der Waals surface area contributed by atoms with Crippen LogP contribution >= 0.6 is 11.6 Å². The monoisotopic (exact) mass is 337 g/mol. The van der Waals surface area contributed by atoms with Crippen molar-refractivity contribution < 1.29 is 14.3 Å². The maximum absolute atomic E-state index is 12.7. The van der Waals surface area contributed by atoms with Crippen LogP contribution in [-0.2, 0) is 14.3 Å². The van der Waals surface area contributed by atoms with Gasteiger partial charge in [-0.25, -0.2) is 0 Å². The molecule has 1 saturated heterocycles. The van der Waals surface area contributed by atoms with Crippen molar-refractivity contribution in [2.75, 3.05) is 44.3 Å². The Balaban J connectivity index is 1.77. The first kappa shape index (κ1) is 16.2. The summed E-state index contributed by atoms with van der Waals surface area (Å²) in [6, 6.07) is 4.72. The molecule has 7 heteroatoms. The van der Waals surface area contributed by atoms with Gasteiger partial charge < -0.3 is 15.0 Å². The summed E-state index contributed by atoms with van der Waals surface area (Å²) in [5, 5.41) is 3.28. The molecule has 6 nitrogen and oxygen atoms in total. The summed E-state index contributed by atoms with van der Waals surface area (Å²) < 4.78 is 5.34. The number of carbonyl (C=O) groups is 2. The number of nitrogens with one attached hydrogen (secondary N) is 1. The van der Waals surface area contributed by atoms with Crippen LogP contribution < -0.4 is 10.2 Å². The summed E-state index contributed by atoms with van der Waals surface area (Å²) in [6.45, 7) is 6.00. The SMILES string of the molecule is CC(=O)N[C@@H]1C(=O)N(CCN2CCOCC2)c2ccc(Cl)cc21. The Bertz CT molecular complexity index is 617. The van der Waals surface area contributed by atoms with E-state index in [0.29, 0.717) is 11.6 Å². The van der Waals surface area contributed by atoms with Gasteiger partial charge in [0.05, 0.1) is 13.2 Å². The lowest BCUT2D eigenvalue weighted by atomic mass is 10.1. The van der Waals surface area contributed by atoms with Gasteiger partial charge in [-0.05, 0) is 18.2 Å². The Kier molecular flexibility index (Phi) is 4.84. The Hall–Kier alpha value is -1.63. The minimum Gasteiger partial charge on any atom is -0.379 e. The zero-order valence-electron chi connectivity index (χ0n) is 13.0. The molecule has 2 amide bonds. The third kappa shape index (κ3) is 3.49. The van der Waals surface area contributed by atoms with Gasteiger partial charge in [-0.1, -0.05) is 11.6 Å². The van der Waals surface area contributed by atoms with Crippen molar-refractivity contribution >= 4 is 29.1 Å². The summed E-state index contributed by atoms with van der Waals surface area (Å²) in [4.78, 5) is 28.1. The summed E-state index contributed by atoms with van der Waals surface area (Å²) in [5.41, 5.74) is 1.59. The first-order valence-corrected chi connectivity index (χ1v) is 8.12. The maximum Gasteiger partial charge on any atom is 0.254 e. The van der Waals surface area contributed by atoms with Gasteiger partial charge in [-0.2, -0.15) is 0 Å². The number of benzene rings is 1. The van der Waals surface area contributed by atoms with Crippen molar-refractivity contribution in [3.05, 3.63) is 28.8 Å². The highest BCUT2D eigenvalue weighted by Gasteiger charge is 2.37. The number of hydrogen-bond acceptors (Lipinski definition) is 4. The Labute approximate surface area is 140 Å². The molecule has 124 valence electrons. The van der Waals surface area contributed by atoms with Gasteiger partial charge in [0, 0.05) is 49.4 Å². The zero-order valence-corrected chi connectivity index (χ0v) is 13.8. The predicted molar refractivity (Wildman–Crippen MR) is 87.6 cm³/mol. The van der Waals surface area contributed by atoms with Crippen molar-refractivity contribution in [2.45, 2.75) is 13.0 Å². The van der Waals surface area contributed by atoms with Gasteiger partial charge in [-0.15, -0.1) is 0 Å². The van der Waals surface area contributed by atoms with Crippen LogP contribution in [0.4, 0.5) is 5.69 Å². The Morgan fingerprint density at radius 1 is 1.35 bits per heavy atom. The van der Waals surface area contributed by atoms with Crippen LogP contribution in [-0.4, -0.2) is 56.1 Å². The molecule has 0 bridgehead atoms. The minimum absolute atomic E-state index is 0.106. The molecular weight excluding hydrogens is 318 g/mol. The Morgan fingerprint density at radius 3 is 2.78 bits per heavy atom. The third-order valence-electron chi connectivity index (χ3n) is 4.20. The van der Waals surface area contributed by atoms with Crippen LogP contribution in [0.15, 0.2) is 18.2 Å². The second kappa shape index (κ2) is 6.86. The largest absolute Gasteiger partial charge is 0.379 e. The van der Waals surface area contributed by atoms with Crippen molar-refractivity contribution in [3.8, 4) is 0 Å². The summed E-state index contributed by atoms with van der Waals surface area (Å²) in [5.74, 6) is -0.338. The molecule has 1 aromatic rings. The maximum atomic E-state index is 12.7. The molecule has 0 unspecified atom stereocenters. The highest BCUT2D eigenvalue weighted by Crippen LogP contribution is 2.37. The van der Waals surface area contributed by atoms with E-state index in [1.807, 2.05) is 6.07 Å². The molecule has 0 spiro atoms. The second-order valence-corrected chi connectivity index (χ2v) is 6.22. The lowest BCUT2D eigenvalue weighted by molar-refractivity contribution is -0.126. The van der Waals surface area contributed by atoms with Crippen molar-refractivity contribution in [1.82, 2.24) is 10.2 Å². The van der Waals surface area contributed by atoms with Crippen LogP contribution in [0, 0.1) is 0 Å². The van der Waals surface area contributed by atoms with Crippen LogP contribution in [0.5, 0.6) is 0 Å². The lowest BCUT2D eigenvalue weighted by Crippen LogP contribution is -2.43. The van der Waals surface area contributed by atoms with Gasteiger partial charge in [0.2, 0.25) is 5.91 Å². The van der Waals surface area contributed by atoms with E-state index >= 15 is 0 Å². The fraction of sp³-hybridized carbons (Fsp3) is 0.500. The third-order valence-corrected chi connectivity index (χ3v) is 4.43. The number of rotatable bonds is 4. The molecule has 0 radical (unpaired) electrons. The zero-order chi connectivity index (χ0) is 16.4. The molecule has 23 heavy (non-hydrogen) atoms. The summed E-state index contributed by atoms with van der Waals surface area (Å²) in [7, 11) is 0. The number of amides is 2. The van der Waals surface area contributed by atoms with E-state index in [1.165, 1.54) is 6.92 Å². The topological polar surface area (TPSA) is 61.9 Å². The first-order valence-electron chi connectivity index (χ1n) is 7.74. The molecule has 3 rings (SSSR count). The van der Waals surface area contributed by atoms with E-state index in [4.69, 9.17) is 16.3 Å². The van der Waals surface area contributed by atoms with Crippen molar-refractivity contribution in [1.29, 1.82) is 0 Å². The van der Waals surface area contributed by atoms with E-state index in [9.17, 15) is 9.59 Å². The van der Waals surface area contributed by atoms with Crippen molar-refractivity contribution in [2.24, 2.45) is 0 Å². The fourth-order valence-electron chi connectivity index (χ4n) is 3.05. The highest BCUT2D eigenvalue weighted by molar-refractivity contribution is 6.31. The number of nitrogens with zero attached hydrogens (tertiary/aromatic N) is 2. The average molecular weight is 338 g/mol. The molecule has 1 atom stereocenters. The molecule has 2 heterocycles. The van der Waals surface area contributed by atoms with E-state index in [2.05, 4.69) is 10.2 Å². The molecule has 2 aliphatic rings. The van der Waals surface area contributed by atoms with Gasteiger partial charge in [0.15, 0.2) is 0 Å². The van der Waals surface area contributed by atoms with E-state index < -0.39 is 6.04 Å². The predicted octanol–water partition coefficient (Wildman–Crippen LogP) is 1.20. The lowest BCUT2D eigenvalue weighted by Gasteiger charge is -2.28. The summed E-state index contributed by atoms with van der Waals surface area (Å²) in [6.07, 6.45) is 0. The number of fused-ring (bicyclic) bond motifs is 1. The van der Waals surface area contributed by atoms with Gasteiger partial charge in [0.1, 0.15) is 6.04 Å². The van der Waals surface area contributed by atoms with Crippen LogP contribution in [0.25, 0.3) is 0 Å². The van der Waals surface area contributed by atoms with Crippen molar-refractivity contribution in [3.63, 3.8) is 0 Å². The number of hydrogen-bond donors (Lipinski definition) is 1. The molecule has 1 fully saturated rings. The van der Waals surface area contributed by atoms with E-state index in [1.54, 1.807) is 17.0 Å². The molecule has 1 aromatic carbocycles. The van der Waals surface area contributed by atoms with Crippen LogP contribution in [0.3, 0.4) is 0 Å². The number of halogens is 1. The smallest absolute Gasteiger partial charge is 0.254 e. The average Bonchev–Trinajstić information content (AvgIpc) is 2.78. The number of ether oxygens (including phenoxy) is 1. The molecule has 2 aliphatic heterocycles. The number of morpholine rings is 1. The first-order chi connectivity index (χ1) is 11.1. The summed E-state index contributed by atoms with van der Waals surface area (Å²) >= 11 is 6.05. The molecule has 0 aliphatic carbocycles. The van der Waals surface area contributed by atoms with Gasteiger partial charge >= 0.3 is 0 Å². The highest BCUT2D eigenvalue weighted by atomic mass is 35.5. The molecule has 0 aromatic heterocycles. The normalized spacial score (nSPS) is 21.4. The van der Waals surface area contributed by atoms with Crippen LogP contribution in [0.2, 0.25) is 5.02 Å². The number of carbonyl (C=O) groups excluding carboxylic acids is 2. The van der Waals surface area contributed by atoms with Gasteiger partial charge in [-0.3, -0.25) is 14.5 Å². The second-order valence-electron chi connectivity index (χ2n) is 5.78. The number of anilines is 1. The molecule has 1 N–H and O–H groups in total. The van der Waals surface area contributed by atoms with E-state index in [-0.39, 0.29) is 11.8 Å². The minimum atomic E-state index is -0.647. The Morgan fingerprint density at radius 2 is 2.09 bits per heavy atom.